The molecule has 0 spiro atoms. The first kappa shape index (κ1) is 16.5. The van der Waals surface area contributed by atoms with Crippen LogP contribution in [-0.4, -0.2) is 29.5 Å². The molecule has 0 N–H and O–H groups in total. The number of rotatable bonds is 5. The maximum Gasteiger partial charge on any atom is 0.260 e. The summed E-state index contributed by atoms with van der Waals surface area (Å²) in [6.45, 7) is 8.08. The highest BCUT2D eigenvalue weighted by Gasteiger charge is 2.20. The highest BCUT2D eigenvalue weighted by atomic mass is 79.9. The van der Waals surface area contributed by atoms with Crippen molar-refractivity contribution < 1.29 is 9.53 Å². The quantitative estimate of drug-likeness (QED) is 0.750. The van der Waals surface area contributed by atoms with Crippen LogP contribution in [0.5, 0.6) is 5.75 Å². The van der Waals surface area contributed by atoms with E-state index in [1.165, 1.54) is 0 Å². The average Bonchev–Trinajstić information content (AvgIpc) is 2.26. The van der Waals surface area contributed by atoms with Crippen LogP contribution in [0.15, 0.2) is 27.1 Å². The number of carbonyl (C=O) groups excluding carboxylic acids is 1. The minimum atomic E-state index is -0.000168. The van der Waals surface area contributed by atoms with Crippen LogP contribution in [0.1, 0.15) is 27.7 Å². The molecule has 3 nitrogen and oxygen atoms in total. The van der Waals surface area contributed by atoms with Gasteiger partial charge in [-0.25, -0.2) is 0 Å². The number of halogens is 2. The van der Waals surface area contributed by atoms with Gasteiger partial charge in [-0.05, 0) is 61.8 Å². The number of ether oxygens (including phenoxy) is 1. The lowest BCUT2D eigenvalue weighted by molar-refractivity contribution is -0.137. The number of amides is 1. The SMILES string of the molecule is CC(C)N(C(=O)COc1ccc(Br)cc1Br)C(C)C. The summed E-state index contributed by atoms with van der Waals surface area (Å²) in [5.74, 6) is 0.670. The molecule has 1 amide bonds. The Morgan fingerprint density at radius 3 is 2.26 bits per heavy atom. The number of carbonyl (C=O) groups is 1. The van der Waals surface area contributed by atoms with E-state index in [0.29, 0.717) is 5.75 Å². The lowest BCUT2D eigenvalue weighted by atomic mass is 10.2. The van der Waals surface area contributed by atoms with Crippen LogP contribution < -0.4 is 4.74 Å². The third-order valence-electron chi connectivity index (χ3n) is 2.65. The molecule has 5 heteroatoms. The molecule has 0 aliphatic rings. The molecule has 0 heterocycles. The Hall–Kier alpha value is -0.550. The fraction of sp³-hybridized carbons (Fsp3) is 0.500. The van der Waals surface area contributed by atoms with Gasteiger partial charge in [0.15, 0.2) is 6.61 Å². The first-order valence-electron chi connectivity index (χ1n) is 6.22. The highest BCUT2D eigenvalue weighted by molar-refractivity contribution is 9.11. The van der Waals surface area contributed by atoms with Crippen molar-refractivity contribution in [3.05, 3.63) is 27.1 Å². The van der Waals surface area contributed by atoms with E-state index >= 15 is 0 Å². The molecule has 19 heavy (non-hydrogen) atoms. The van der Waals surface area contributed by atoms with Gasteiger partial charge in [-0.3, -0.25) is 4.79 Å². The normalized spacial score (nSPS) is 10.9. The predicted octanol–water partition coefficient (Wildman–Crippen LogP) is 4.24. The number of hydrogen-bond donors (Lipinski definition) is 0. The van der Waals surface area contributed by atoms with Crippen LogP contribution in [0.3, 0.4) is 0 Å². The second-order valence-corrected chi connectivity index (χ2v) is 6.62. The smallest absolute Gasteiger partial charge is 0.260 e. The van der Waals surface area contributed by atoms with Crippen LogP contribution >= 0.6 is 31.9 Å². The summed E-state index contributed by atoms with van der Waals surface area (Å²) in [4.78, 5) is 14.0. The highest BCUT2D eigenvalue weighted by Crippen LogP contribution is 2.28. The molecule has 0 aliphatic carbocycles. The Balaban J connectivity index is 2.67. The van der Waals surface area contributed by atoms with Crippen LogP contribution in [0.2, 0.25) is 0 Å². The summed E-state index contributed by atoms with van der Waals surface area (Å²) in [6.07, 6.45) is 0. The number of hydrogen-bond acceptors (Lipinski definition) is 2. The average molecular weight is 393 g/mol. The molecule has 0 fully saturated rings. The molecule has 0 atom stereocenters. The fourth-order valence-electron chi connectivity index (χ4n) is 1.98. The molecule has 1 aromatic carbocycles. The van der Waals surface area contributed by atoms with Crippen molar-refractivity contribution in [3.8, 4) is 5.75 Å². The molecular formula is C14H19Br2NO2. The monoisotopic (exact) mass is 391 g/mol. The van der Waals surface area contributed by atoms with E-state index in [0.717, 1.165) is 8.95 Å². The maximum absolute atomic E-state index is 12.2. The predicted molar refractivity (Wildman–Crippen MR) is 84.5 cm³/mol. The van der Waals surface area contributed by atoms with E-state index in [2.05, 4.69) is 31.9 Å². The molecule has 0 aliphatic heterocycles. The molecule has 0 radical (unpaired) electrons. The second kappa shape index (κ2) is 7.29. The minimum Gasteiger partial charge on any atom is -0.483 e. The topological polar surface area (TPSA) is 29.5 Å². The van der Waals surface area contributed by atoms with E-state index < -0.39 is 0 Å². The lowest BCUT2D eigenvalue weighted by Crippen LogP contribution is -2.44. The van der Waals surface area contributed by atoms with Crippen molar-refractivity contribution in [1.29, 1.82) is 0 Å². The molecule has 1 aromatic rings. The summed E-state index contributed by atoms with van der Waals surface area (Å²) in [6, 6.07) is 5.94. The summed E-state index contributed by atoms with van der Waals surface area (Å²) in [5, 5.41) is 0. The summed E-state index contributed by atoms with van der Waals surface area (Å²) in [5.41, 5.74) is 0. The van der Waals surface area contributed by atoms with Crippen LogP contribution in [0, 0.1) is 0 Å². The Kier molecular flexibility index (Phi) is 6.33. The van der Waals surface area contributed by atoms with E-state index in [4.69, 9.17) is 4.74 Å². The van der Waals surface area contributed by atoms with Gasteiger partial charge in [-0.15, -0.1) is 0 Å². The fourth-order valence-corrected chi connectivity index (χ4v) is 3.14. The third kappa shape index (κ3) is 4.80. The van der Waals surface area contributed by atoms with Crippen LogP contribution in [0.4, 0.5) is 0 Å². The van der Waals surface area contributed by atoms with Crippen molar-refractivity contribution in [2.24, 2.45) is 0 Å². The Morgan fingerprint density at radius 1 is 1.21 bits per heavy atom. The van der Waals surface area contributed by atoms with E-state index in [1.807, 2.05) is 50.8 Å². The maximum atomic E-state index is 12.2. The first-order chi connectivity index (χ1) is 8.82. The van der Waals surface area contributed by atoms with Gasteiger partial charge in [0.05, 0.1) is 4.47 Å². The number of benzene rings is 1. The van der Waals surface area contributed by atoms with Gasteiger partial charge >= 0.3 is 0 Å². The van der Waals surface area contributed by atoms with Gasteiger partial charge in [0.25, 0.3) is 5.91 Å². The molecular weight excluding hydrogens is 374 g/mol. The third-order valence-corrected chi connectivity index (χ3v) is 3.76. The molecule has 106 valence electrons. The van der Waals surface area contributed by atoms with Crippen molar-refractivity contribution in [2.45, 2.75) is 39.8 Å². The standard InChI is InChI=1S/C14H19Br2NO2/c1-9(2)17(10(3)4)14(18)8-19-13-6-5-11(15)7-12(13)16/h5-7,9-10H,8H2,1-4H3. The zero-order valence-electron chi connectivity index (χ0n) is 11.6. The molecule has 0 aromatic heterocycles. The molecule has 0 saturated heterocycles. The van der Waals surface area contributed by atoms with E-state index in [-0.39, 0.29) is 24.6 Å². The lowest BCUT2D eigenvalue weighted by Gasteiger charge is -2.30. The minimum absolute atomic E-state index is 0.000168. The van der Waals surface area contributed by atoms with Crippen molar-refractivity contribution >= 4 is 37.8 Å². The molecule has 0 bridgehead atoms. The van der Waals surface area contributed by atoms with Crippen LogP contribution in [0.25, 0.3) is 0 Å². The number of nitrogens with zero attached hydrogens (tertiary/aromatic N) is 1. The van der Waals surface area contributed by atoms with Gasteiger partial charge in [0, 0.05) is 16.6 Å². The summed E-state index contributed by atoms with van der Waals surface area (Å²) in [7, 11) is 0. The first-order valence-corrected chi connectivity index (χ1v) is 7.80. The Bertz CT molecular complexity index is 439. The molecule has 0 unspecified atom stereocenters. The van der Waals surface area contributed by atoms with Crippen LogP contribution in [-0.2, 0) is 4.79 Å². The Labute approximate surface area is 131 Å². The van der Waals surface area contributed by atoms with Gasteiger partial charge in [-0.1, -0.05) is 15.9 Å². The second-order valence-electron chi connectivity index (χ2n) is 4.85. The van der Waals surface area contributed by atoms with Crippen molar-refractivity contribution in [2.75, 3.05) is 6.61 Å². The summed E-state index contributed by atoms with van der Waals surface area (Å²) >= 11 is 6.79. The van der Waals surface area contributed by atoms with E-state index in [1.54, 1.807) is 0 Å². The van der Waals surface area contributed by atoms with Gasteiger partial charge in [0.1, 0.15) is 5.75 Å². The zero-order valence-corrected chi connectivity index (χ0v) is 14.8. The zero-order chi connectivity index (χ0) is 14.6. The Morgan fingerprint density at radius 2 is 1.79 bits per heavy atom. The molecule has 1 rings (SSSR count). The van der Waals surface area contributed by atoms with Crippen molar-refractivity contribution in [1.82, 2.24) is 4.90 Å². The van der Waals surface area contributed by atoms with Gasteiger partial charge < -0.3 is 9.64 Å². The summed E-state index contributed by atoms with van der Waals surface area (Å²) < 4.78 is 7.37. The van der Waals surface area contributed by atoms with Gasteiger partial charge in [0.2, 0.25) is 0 Å². The molecule has 0 saturated carbocycles. The van der Waals surface area contributed by atoms with Crippen molar-refractivity contribution in [3.63, 3.8) is 0 Å². The van der Waals surface area contributed by atoms with Gasteiger partial charge in [-0.2, -0.15) is 0 Å². The van der Waals surface area contributed by atoms with E-state index in [9.17, 15) is 4.79 Å². The largest absolute Gasteiger partial charge is 0.483 e.